The number of esters is 1. The van der Waals surface area contributed by atoms with Crippen molar-refractivity contribution in [3.05, 3.63) is 65.3 Å². The normalized spacial score (nSPS) is 11.2. The van der Waals surface area contributed by atoms with Crippen molar-refractivity contribution in [2.75, 3.05) is 16.6 Å². The molecule has 0 aliphatic heterocycles. The summed E-state index contributed by atoms with van der Waals surface area (Å²) in [5, 5.41) is 1.95. The topological polar surface area (TPSA) is 111 Å². The number of benzene rings is 2. The molecular weight excluding hydrogens is 492 g/mol. The van der Waals surface area contributed by atoms with Crippen molar-refractivity contribution in [2.45, 2.75) is 39.4 Å². The molecule has 0 atom stereocenters. The first kappa shape index (κ1) is 27.5. The third kappa shape index (κ3) is 5.37. The van der Waals surface area contributed by atoms with E-state index in [1.54, 1.807) is 74.9 Å². The number of carbonyl (C=O) groups is 2. The van der Waals surface area contributed by atoms with Crippen LogP contribution in [-0.4, -0.2) is 37.2 Å². The second-order valence-electron chi connectivity index (χ2n) is 8.53. The number of nitrogens with one attached hydrogen (secondary N) is 2. The van der Waals surface area contributed by atoms with Gasteiger partial charge in [0.1, 0.15) is 5.69 Å². The number of nitrogens with zero attached hydrogens (tertiary/aromatic N) is 2. The number of rotatable bonds is 10. The van der Waals surface area contributed by atoms with Crippen LogP contribution < -0.4 is 10.0 Å². The molecule has 0 aliphatic carbocycles. The second kappa shape index (κ2) is 11.3. The summed E-state index contributed by atoms with van der Waals surface area (Å²) in [5.41, 5.74) is 4.47. The van der Waals surface area contributed by atoms with Gasteiger partial charge in [0.15, 0.2) is 0 Å². The molecule has 0 saturated carbocycles. The van der Waals surface area contributed by atoms with E-state index in [0.717, 1.165) is 5.69 Å². The Balaban J connectivity index is 2.15. The molecule has 2 aromatic carbocycles. The van der Waals surface area contributed by atoms with Gasteiger partial charge < -0.3 is 14.6 Å². The molecule has 9 nitrogen and oxygen atoms in total. The van der Waals surface area contributed by atoms with Crippen LogP contribution in [0.2, 0.25) is 0 Å². The van der Waals surface area contributed by atoms with Crippen molar-refractivity contribution in [3.8, 4) is 22.3 Å². The molecule has 1 amide bonds. The van der Waals surface area contributed by atoms with Gasteiger partial charge in [0.25, 0.3) is 0 Å². The Morgan fingerprint density at radius 1 is 1.14 bits per heavy atom. The van der Waals surface area contributed by atoms with Crippen molar-refractivity contribution in [1.29, 1.82) is 0 Å². The summed E-state index contributed by atoms with van der Waals surface area (Å²) >= 11 is 0. The van der Waals surface area contributed by atoms with Crippen LogP contribution in [0.4, 0.5) is 17.1 Å². The monoisotopic (exact) mass is 522 g/mol. The first-order valence-corrected chi connectivity index (χ1v) is 13.4. The Labute approximate surface area is 217 Å². The minimum absolute atomic E-state index is 0.209. The largest absolute Gasteiger partial charge is 0.461 e. The van der Waals surface area contributed by atoms with Crippen LogP contribution >= 0.6 is 0 Å². The summed E-state index contributed by atoms with van der Waals surface area (Å²) in [6, 6.07) is 12.2. The van der Waals surface area contributed by atoms with E-state index >= 15 is 0 Å². The minimum Gasteiger partial charge on any atom is -0.461 e. The smallest absolute Gasteiger partial charge is 0.354 e. The van der Waals surface area contributed by atoms with Crippen LogP contribution in [-0.2, 0) is 33.0 Å². The molecule has 0 radical (unpaired) electrons. The zero-order valence-corrected chi connectivity index (χ0v) is 22.3. The molecule has 1 heterocycles. The van der Waals surface area contributed by atoms with E-state index in [1.165, 1.54) is 0 Å². The first-order chi connectivity index (χ1) is 17.6. The minimum atomic E-state index is -3.64. The lowest BCUT2D eigenvalue weighted by Crippen LogP contribution is -2.23. The maximum Gasteiger partial charge on any atom is 0.354 e. The van der Waals surface area contributed by atoms with Crippen LogP contribution in [0.25, 0.3) is 27.1 Å². The Kier molecular flexibility index (Phi) is 8.40. The fraction of sp³-hybridized carbons (Fsp3) is 0.296. The molecule has 3 aromatic rings. The summed E-state index contributed by atoms with van der Waals surface area (Å²) < 4.78 is 34.5. The lowest BCUT2D eigenvalue weighted by molar-refractivity contribution is -0.105. The molecule has 10 heteroatoms. The number of carbonyl (C=O) groups excluding carboxylic acids is 2. The number of hydrogen-bond acceptors (Lipinski definition) is 5. The summed E-state index contributed by atoms with van der Waals surface area (Å²) in [4.78, 5) is 27.9. The number of ether oxygens (including phenoxy) is 1. The SMILES string of the molecule is [C-]#[N+]c1c(-c2ccc(-c3cccc(NS(=O)(=O)C(C)C)c3NC=O)cc2)c(C(=O)OCC)n(C)c1CC. The Morgan fingerprint density at radius 3 is 2.32 bits per heavy atom. The van der Waals surface area contributed by atoms with Gasteiger partial charge in [-0.3, -0.25) is 9.52 Å². The van der Waals surface area contributed by atoms with Crippen LogP contribution in [0.1, 0.15) is 43.9 Å². The average molecular weight is 523 g/mol. The number of aromatic nitrogens is 1. The Hall–Kier alpha value is -4.10. The molecule has 2 N–H and O–H groups in total. The third-order valence-corrected chi connectivity index (χ3v) is 7.77. The van der Waals surface area contributed by atoms with E-state index < -0.39 is 21.2 Å². The van der Waals surface area contributed by atoms with Crippen molar-refractivity contribution < 1.29 is 22.7 Å². The second-order valence-corrected chi connectivity index (χ2v) is 10.8. The maximum absolute atomic E-state index is 12.8. The summed E-state index contributed by atoms with van der Waals surface area (Å²) in [7, 11) is -1.90. The van der Waals surface area contributed by atoms with Gasteiger partial charge in [-0.1, -0.05) is 43.3 Å². The van der Waals surface area contributed by atoms with E-state index in [1.807, 2.05) is 6.92 Å². The maximum atomic E-state index is 12.8. The van der Waals surface area contributed by atoms with Gasteiger partial charge in [-0.05, 0) is 44.4 Å². The number of amides is 1. The third-order valence-electron chi connectivity index (χ3n) is 6.03. The number of hydrogen-bond donors (Lipinski definition) is 2. The molecular formula is C27H30N4O5S. The lowest BCUT2D eigenvalue weighted by Gasteiger charge is -2.17. The Morgan fingerprint density at radius 2 is 1.78 bits per heavy atom. The van der Waals surface area contributed by atoms with Gasteiger partial charge in [-0.2, -0.15) is 0 Å². The highest BCUT2D eigenvalue weighted by Crippen LogP contribution is 2.41. The van der Waals surface area contributed by atoms with Crippen molar-refractivity contribution in [2.24, 2.45) is 7.05 Å². The molecule has 194 valence electrons. The standard InChI is InChI=1S/C27H30N4O5S/c1-7-22-25(28-5)23(26(31(22)6)27(33)36-8-2)19-14-12-18(13-15-19)20-10-9-11-21(24(20)29-16-32)30-37(34,35)17(3)4/h9-17,30H,7-8H2,1-4,6H3,(H,29,32). The predicted octanol–water partition coefficient (Wildman–Crippen LogP) is 5.37. The van der Waals surface area contributed by atoms with Crippen molar-refractivity contribution in [3.63, 3.8) is 0 Å². The van der Waals surface area contributed by atoms with Crippen molar-refractivity contribution in [1.82, 2.24) is 4.57 Å². The zero-order valence-electron chi connectivity index (χ0n) is 21.5. The molecule has 37 heavy (non-hydrogen) atoms. The van der Waals surface area contributed by atoms with Gasteiger partial charge >= 0.3 is 5.97 Å². The number of para-hydroxylation sites is 1. The highest BCUT2D eigenvalue weighted by atomic mass is 32.2. The quantitative estimate of drug-likeness (QED) is 0.211. The number of sulfonamides is 1. The van der Waals surface area contributed by atoms with Gasteiger partial charge in [0, 0.05) is 23.9 Å². The fourth-order valence-electron chi connectivity index (χ4n) is 4.13. The summed E-state index contributed by atoms with van der Waals surface area (Å²) in [6.07, 6.45) is 1.06. The highest BCUT2D eigenvalue weighted by Gasteiger charge is 2.27. The van der Waals surface area contributed by atoms with E-state index in [0.29, 0.717) is 52.2 Å². The molecule has 0 fully saturated rings. The van der Waals surface area contributed by atoms with E-state index in [-0.39, 0.29) is 12.3 Å². The van der Waals surface area contributed by atoms with Gasteiger partial charge in [0.2, 0.25) is 22.1 Å². The fourth-order valence-corrected chi connectivity index (χ4v) is 4.85. The summed E-state index contributed by atoms with van der Waals surface area (Å²) in [6.45, 7) is 14.8. The van der Waals surface area contributed by atoms with E-state index in [9.17, 15) is 18.0 Å². The Bertz CT molecular complexity index is 1470. The lowest BCUT2D eigenvalue weighted by atomic mass is 9.97. The summed E-state index contributed by atoms with van der Waals surface area (Å²) in [5.74, 6) is -0.503. The highest BCUT2D eigenvalue weighted by molar-refractivity contribution is 7.93. The van der Waals surface area contributed by atoms with Crippen LogP contribution in [0, 0.1) is 6.57 Å². The van der Waals surface area contributed by atoms with Crippen LogP contribution in [0.5, 0.6) is 0 Å². The van der Waals surface area contributed by atoms with Gasteiger partial charge in [-0.15, -0.1) is 0 Å². The molecule has 0 unspecified atom stereocenters. The van der Waals surface area contributed by atoms with Crippen LogP contribution in [0.3, 0.4) is 0 Å². The van der Waals surface area contributed by atoms with Gasteiger partial charge in [0.05, 0.1) is 29.8 Å². The predicted molar refractivity (Wildman–Crippen MR) is 145 cm³/mol. The zero-order chi connectivity index (χ0) is 27.3. The van der Waals surface area contributed by atoms with Crippen LogP contribution in [0.15, 0.2) is 42.5 Å². The van der Waals surface area contributed by atoms with E-state index in [4.69, 9.17) is 11.3 Å². The molecule has 0 saturated heterocycles. The molecule has 0 bridgehead atoms. The molecule has 0 aliphatic rings. The molecule has 3 rings (SSSR count). The van der Waals surface area contributed by atoms with Gasteiger partial charge in [-0.25, -0.2) is 18.1 Å². The van der Waals surface area contributed by atoms with Crippen molar-refractivity contribution >= 4 is 39.5 Å². The molecule has 1 aromatic heterocycles. The first-order valence-electron chi connectivity index (χ1n) is 11.8. The number of anilines is 2. The molecule has 0 spiro atoms. The average Bonchev–Trinajstić information content (AvgIpc) is 3.16. The van der Waals surface area contributed by atoms with E-state index in [2.05, 4.69) is 14.9 Å².